The molecule has 0 spiro atoms. The summed E-state index contributed by atoms with van der Waals surface area (Å²) in [6, 6.07) is 15.8. The number of hydrogen-bond acceptors (Lipinski definition) is 3. The first-order chi connectivity index (χ1) is 8.62. The maximum absolute atomic E-state index is 12.1. The number of sulfone groups is 1. The van der Waals surface area contributed by atoms with E-state index in [0.29, 0.717) is 11.4 Å². The van der Waals surface area contributed by atoms with Crippen LogP contribution in [-0.2, 0) is 22.1 Å². The minimum atomic E-state index is -3.26. The van der Waals surface area contributed by atoms with Crippen molar-refractivity contribution in [3.8, 4) is 0 Å². The molecule has 2 rings (SSSR count). The van der Waals surface area contributed by atoms with Crippen molar-refractivity contribution in [3.63, 3.8) is 0 Å². The summed E-state index contributed by atoms with van der Waals surface area (Å²) in [6.07, 6.45) is 0. The molecule has 0 aliphatic carbocycles. The average molecular weight is 261 g/mol. The third-order valence-corrected chi connectivity index (χ3v) is 4.42. The van der Waals surface area contributed by atoms with Crippen molar-refractivity contribution in [2.45, 2.75) is 17.2 Å². The van der Waals surface area contributed by atoms with E-state index >= 15 is 0 Å². The fraction of sp³-hybridized carbons (Fsp3) is 0.143. The van der Waals surface area contributed by atoms with Crippen LogP contribution in [0.5, 0.6) is 0 Å². The van der Waals surface area contributed by atoms with E-state index in [0.717, 1.165) is 11.1 Å². The topological polar surface area (TPSA) is 60.2 Å². The van der Waals surface area contributed by atoms with Gasteiger partial charge < -0.3 is 5.73 Å². The molecule has 0 aliphatic heterocycles. The molecule has 0 bridgehead atoms. The van der Waals surface area contributed by atoms with Gasteiger partial charge in [0.1, 0.15) is 0 Å². The zero-order chi connectivity index (χ0) is 13.0. The molecule has 18 heavy (non-hydrogen) atoms. The van der Waals surface area contributed by atoms with Gasteiger partial charge in [0.15, 0.2) is 9.84 Å². The molecule has 3 nitrogen and oxygen atoms in total. The fourth-order valence-electron chi connectivity index (χ4n) is 1.70. The van der Waals surface area contributed by atoms with Gasteiger partial charge in [-0.25, -0.2) is 8.42 Å². The van der Waals surface area contributed by atoms with E-state index in [1.807, 2.05) is 24.3 Å². The Balaban J connectivity index is 2.22. The van der Waals surface area contributed by atoms with E-state index in [9.17, 15) is 8.42 Å². The van der Waals surface area contributed by atoms with Crippen LogP contribution in [0, 0.1) is 0 Å². The highest BCUT2D eigenvalue weighted by atomic mass is 32.2. The van der Waals surface area contributed by atoms with Crippen molar-refractivity contribution in [1.82, 2.24) is 0 Å². The second kappa shape index (κ2) is 5.33. The first-order valence-electron chi connectivity index (χ1n) is 5.67. The second-order valence-electron chi connectivity index (χ2n) is 4.09. The lowest BCUT2D eigenvalue weighted by atomic mass is 10.1. The Kier molecular flexibility index (Phi) is 3.79. The first-order valence-corrected chi connectivity index (χ1v) is 7.33. The smallest absolute Gasteiger partial charge is 0.182 e. The van der Waals surface area contributed by atoms with Crippen molar-refractivity contribution in [2.75, 3.05) is 0 Å². The molecule has 0 saturated heterocycles. The van der Waals surface area contributed by atoms with Gasteiger partial charge in [-0.2, -0.15) is 0 Å². The number of benzene rings is 2. The molecular weight excluding hydrogens is 246 g/mol. The SMILES string of the molecule is NCc1ccc(CS(=O)(=O)c2ccccc2)cc1. The van der Waals surface area contributed by atoms with Crippen LogP contribution >= 0.6 is 0 Å². The Bertz CT molecular complexity index is 604. The lowest BCUT2D eigenvalue weighted by molar-refractivity contribution is 0.595. The Morgan fingerprint density at radius 2 is 1.39 bits per heavy atom. The molecule has 0 unspecified atom stereocenters. The number of hydrogen-bond donors (Lipinski definition) is 1. The summed E-state index contributed by atoms with van der Waals surface area (Å²) in [5, 5.41) is 0. The van der Waals surface area contributed by atoms with Gasteiger partial charge in [-0.1, -0.05) is 42.5 Å². The maximum atomic E-state index is 12.1. The minimum absolute atomic E-state index is 0.0157. The molecule has 2 aromatic carbocycles. The van der Waals surface area contributed by atoms with Gasteiger partial charge in [-0.3, -0.25) is 0 Å². The Morgan fingerprint density at radius 1 is 0.833 bits per heavy atom. The quantitative estimate of drug-likeness (QED) is 0.917. The van der Waals surface area contributed by atoms with Crippen LogP contribution < -0.4 is 5.73 Å². The van der Waals surface area contributed by atoms with Gasteiger partial charge in [0.05, 0.1) is 10.6 Å². The predicted octanol–water partition coefficient (Wildman–Crippen LogP) is 2.12. The molecule has 0 amide bonds. The third kappa shape index (κ3) is 2.97. The van der Waals surface area contributed by atoms with Crippen LogP contribution in [0.2, 0.25) is 0 Å². The summed E-state index contributed by atoms with van der Waals surface area (Å²) < 4.78 is 24.3. The normalized spacial score (nSPS) is 11.4. The summed E-state index contributed by atoms with van der Waals surface area (Å²) in [4.78, 5) is 0.355. The van der Waals surface area contributed by atoms with Crippen LogP contribution in [0.1, 0.15) is 11.1 Å². The van der Waals surface area contributed by atoms with E-state index in [1.54, 1.807) is 30.3 Å². The van der Waals surface area contributed by atoms with Gasteiger partial charge >= 0.3 is 0 Å². The van der Waals surface area contributed by atoms with Gasteiger partial charge in [0.25, 0.3) is 0 Å². The van der Waals surface area contributed by atoms with Crippen LogP contribution in [0.3, 0.4) is 0 Å². The highest BCUT2D eigenvalue weighted by Crippen LogP contribution is 2.16. The molecule has 0 aliphatic rings. The highest BCUT2D eigenvalue weighted by Gasteiger charge is 2.14. The molecule has 0 radical (unpaired) electrons. The van der Waals surface area contributed by atoms with Gasteiger partial charge in [-0.05, 0) is 23.3 Å². The Morgan fingerprint density at radius 3 is 1.94 bits per heavy atom. The van der Waals surface area contributed by atoms with E-state index in [1.165, 1.54) is 0 Å². The summed E-state index contributed by atoms with van der Waals surface area (Å²) in [6.45, 7) is 0.464. The zero-order valence-electron chi connectivity index (χ0n) is 9.91. The van der Waals surface area contributed by atoms with Crippen molar-refractivity contribution in [3.05, 3.63) is 65.7 Å². The zero-order valence-corrected chi connectivity index (χ0v) is 10.7. The lowest BCUT2D eigenvalue weighted by Gasteiger charge is -2.05. The first kappa shape index (κ1) is 12.8. The van der Waals surface area contributed by atoms with Gasteiger partial charge in [0.2, 0.25) is 0 Å². The summed E-state index contributed by atoms with van der Waals surface area (Å²) >= 11 is 0. The van der Waals surface area contributed by atoms with E-state index in [4.69, 9.17) is 5.73 Å². The van der Waals surface area contributed by atoms with E-state index in [-0.39, 0.29) is 5.75 Å². The minimum Gasteiger partial charge on any atom is -0.326 e. The molecule has 4 heteroatoms. The van der Waals surface area contributed by atoms with E-state index in [2.05, 4.69) is 0 Å². The van der Waals surface area contributed by atoms with E-state index < -0.39 is 9.84 Å². The third-order valence-electron chi connectivity index (χ3n) is 2.72. The van der Waals surface area contributed by atoms with Crippen LogP contribution in [-0.4, -0.2) is 8.42 Å². The summed E-state index contributed by atoms with van der Waals surface area (Å²) in [5.74, 6) is 0.0157. The molecular formula is C14H15NO2S. The Labute approximate surface area is 107 Å². The van der Waals surface area contributed by atoms with Gasteiger partial charge in [-0.15, -0.1) is 0 Å². The molecule has 0 heterocycles. The summed E-state index contributed by atoms with van der Waals surface area (Å²) in [5.41, 5.74) is 7.27. The summed E-state index contributed by atoms with van der Waals surface area (Å²) in [7, 11) is -3.26. The molecule has 0 fully saturated rings. The largest absolute Gasteiger partial charge is 0.326 e. The fourth-order valence-corrected chi connectivity index (χ4v) is 3.07. The van der Waals surface area contributed by atoms with Crippen molar-refractivity contribution >= 4 is 9.84 Å². The lowest BCUT2D eigenvalue weighted by Crippen LogP contribution is -2.05. The van der Waals surface area contributed by atoms with Crippen LogP contribution in [0.15, 0.2) is 59.5 Å². The maximum Gasteiger partial charge on any atom is 0.182 e. The molecule has 2 N–H and O–H groups in total. The van der Waals surface area contributed by atoms with Crippen molar-refractivity contribution in [1.29, 1.82) is 0 Å². The highest BCUT2D eigenvalue weighted by molar-refractivity contribution is 7.90. The van der Waals surface area contributed by atoms with Gasteiger partial charge in [0, 0.05) is 6.54 Å². The molecule has 2 aromatic rings. The monoisotopic (exact) mass is 261 g/mol. The molecule has 0 aromatic heterocycles. The average Bonchev–Trinajstić information content (AvgIpc) is 2.40. The van der Waals surface area contributed by atoms with Crippen LogP contribution in [0.4, 0.5) is 0 Å². The standard InChI is InChI=1S/C14H15NO2S/c15-10-12-6-8-13(9-7-12)11-18(16,17)14-4-2-1-3-5-14/h1-9H,10-11,15H2. The molecule has 0 saturated carbocycles. The number of rotatable bonds is 4. The second-order valence-corrected chi connectivity index (χ2v) is 6.08. The van der Waals surface area contributed by atoms with Crippen molar-refractivity contribution < 1.29 is 8.42 Å². The molecule has 94 valence electrons. The Hall–Kier alpha value is -1.65. The van der Waals surface area contributed by atoms with Crippen molar-refractivity contribution in [2.24, 2.45) is 5.73 Å². The number of nitrogens with two attached hydrogens (primary N) is 1. The predicted molar refractivity (Wildman–Crippen MR) is 71.7 cm³/mol. The molecule has 0 atom stereocenters. The van der Waals surface area contributed by atoms with Crippen LogP contribution in [0.25, 0.3) is 0 Å².